The number of nitrogens with zero attached hydrogens (tertiary/aromatic N) is 1. The highest BCUT2D eigenvalue weighted by atomic mass is 32.2. The fourth-order valence-electron chi connectivity index (χ4n) is 5.32. The van der Waals surface area contributed by atoms with Gasteiger partial charge in [-0.3, -0.25) is 0 Å². The van der Waals surface area contributed by atoms with Gasteiger partial charge in [0.25, 0.3) is 0 Å². The number of aromatic nitrogens is 1. The van der Waals surface area contributed by atoms with Gasteiger partial charge in [0, 0.05) is 36.7 Å². The van der Waals surface area contributed by atoms with Gasteiger partial charge in [0.05, 0.1) is 16.2 Å². The number of halogens is 4. The molecule has 5 rings (SSSR count). The molecule has 0 saturated carbocycles. The molecule has 2 aliphatic rings. The smallest absolute Gasteiger partial charge is 0.387 e. The van der Waals surface area contributed by atoms with E-state index in [9.17, 15) is 26.0 Å². The summed E-state index contributed by atoms with van der Waals surface area (Å²) in [6.45, 7) is -4.09. The van der Waals surface area contributed by atoms with Crippen LogP contribution < -0.4 is 4.74 Å². The van der Waals surface area contributed by atoms with Crippen LogP contribution in [0.4, 0.5) is 17.6 Å². The van der Waals surface area contributed by atoms with Crippen molar-refractivity contribution >= 4 is 20.7 Å². The Bertz CT molecular complexity index is 1350. The van der Waals surface area contributed by atoms with Gasteiger partial charge in [-0.1, -0.05) is 12.1 Å². The van der Waals surface area contributed by atoms with Crippen molar-refractivity contribution in [1.82, 2.24) is 9.88 Å². The summed E-state index contributed by atoms with van der Waals surface area (Å²) in [6.07, 6.45) is 2.89. The fourth-order valence-corrected chi connectivity index (χ4v) is 7.27. The van der Waals surface area contributed by atoms with E-state index in [1.807, 2.05) is 11.0 Å². The minimum atomic E-state index is -3.75. The molecule has 194 valence electrons. The zero-order valence-electron chi connectivity index (χ0n) is 19.3. The van der Waals surface area contributed by atoms with Crippen LogP contribution >= 0.6 is 0 Å². The molecule has 0 amide bonds. The van der Waals surface area contributed by atoms with Crippen molar-refractivity contribution < 1.29 is 35.5 Å². The van der Waals surface area contributed by atoms with E-state index in [4.69, 9.17) is 0 Å². The molecule has 3 aromatic rings. The molecule has 1 aliphatic carbocycles. The Labute approximate surface area is 206 Å². The van der Waals surface area contributed by atoms with Crippen LogP contribution in [0.5, 0.6) is 5.75 Å². The lowest BCUT2D eigenvalue weighted by Crippen LogP contribution is -2.26. The molecule has 36 heavy (non-hydrogen) atoms. The van der Waals surface area contributed by atoms with Crippen LogP contribution in [0.3, 0.4) is 0 Å². The van der Waals surface area contributed by atoms with Crippen molar-refractivity contribution in [2.45, 2.75) is 55.2 Å². The molecule has 1 fully saturated rings. The summed E-state index contributed by atoms with van der Waals surface area (Å²) in [5.74, 6) is 0.0138. The lowest BCUT2D eigenvalue weighted by atomic mass is 10.1. The van der Waals surface area contributed by atoms with Crippen molar-refractivity contribution in [3.05, 3.63) is 59.3 Å². The van der Waals surface area contributed by atoms with E-state index in [1.165, 1.54) is 12.1 Å². The Morgan fingerprint density at radius 2 is 1.86 bits per heavy atom. The Morgan fingerprint density at radius 3 is 2.64 bits per heavy atom. The third kappa shape index (κ3) is 5.09. The van der Waals surface area contributed by atoms with Gasteiger partial charge in [0.15, 0.2) is 9.84 Å². The van der Waals surface area contributed by atoms with E-state index in [2.05, 4.69) is 14.5 Å². The third-order valence-corrected chi connectivity index (χ3v) is 9.18. The number of H-pyrrole nitrogens is 1. The molecule has 2 heterocycles. The molecule has 2 atom stereocenters. The van der Waals surface area contributed by atoms with Crippen molar-refractivity contribution in [2.24, 2.45) is 0 Å². The van der Waals surface area contributed by atoms with Crippen molar-refractivity contribution in [2.75, 3.05) is 19.6 Å². The van der Waals surface area contributed by atoms with Gasteiger partial charge in [-0.15, -0.1) is 0 Å². The van der Waals surface area contributed by atoms with Gasteiger partial charge >= 0.3 is 13.2 Å². The zero-order chi connectivity index (χ0) is 25.4. The van der Waals surface area contributed by atoms with Crippen LogP contribution in [0.2, 0.25) is 0 Å². The number of ether oxygens (including phenoxy) is 2. The summed E-state index contributed by atoms with van der Waals surface area (Å²) in [4.78, 5) is 5.42. The average Bonchev–Trinajstić information content (AvgIpc) is 3.54. The normalized spacial score (nSPS) is 20.6. The third-order valence-electron chi connectivity index (χ3n) is 7.01. The minimum absolute atomic E-state index is 0.0138. The molecule has 1 saturated heterocycles. The van der Waals surface area contributed by atoms with Gasteiger partial charge in [-0.05, 0) is 66.6 Å². The quantitative estimate of drug-likeness (QED) is 0.414. The standard InChI is InChI=1S/C25H26F4N2O4S/c26-24(27)34-18-5-4-15-11-20(12-17(15)10-18)36(32,33)22-3-1-2-21-23(22)16(13-30-21)6-8-31-9-7-19(14-31)35-25(28)29/h1-5,10,13,19-20,24-25,30H,6-9,11-12,14H2/t19-,20?/m0/s1. The van der Waals surface area contributed by atoms with Gasteiger partial charge in [0.1, 0.15) is 5.75 Å². The van der Waals surface area contributed by atoms with Crippen LogP contribution in [-0.4, -0.2) is 62.5 Å². The van der Waals surface area contributed by atoms with Gasteiger partial charge in [-0.2, -0.15) is 17.6 Å². The Morgan fingerprint density at radius 1 is 1.06 bits per heavy atom. The van der Waals surface area contributed by atoms with E-state index in [-0.39, 0.29) is 17.1 Å². The highest BCUT2D eigenvalue weighted by Gasteiger charge is 2.35. The lowest BCUT2D eigenvalue weighted by Gasteiger charge is -2.17. The summed E-state index contributed by atoms with van der Waals surface area (Å²) >= 11 is 0. The maximum Gasteiger partial charge on any atom is 0.387 e. The Kier molecular flexibility index (Phi) is 6.97. The molecule has 0 radical (unpaired) electrons. The molecular weight excluding hydrogens is 500 g/mol. The van der Waals surface area contributed by atoms with E-state index in [0.717, 1.165) is 11.1 Å². The topological polar surface area (TPSA) is 71.6 Å². The maximum absolute atomic E-state index is 13.8. The molecule has 1 unspecified atom stereocenters. The second kappa shape index (κ2) is 10.0. The molecule has 6 nitrogen and oxygen atoms in total. The lowest BCUT2D eigenvalue weighted by molar-refractivity contribution is -0.158. The first-order valence-electron chi connectivity index (χ1n) is 11.8. The van der Waals surface area contributed by atoms with Crippen LogP contribution in [0.25, 0.3) is 10.9 Å². The van der Waals surface area contributed by atoms with Gasteiger partial charge < -0.3 is 19.4 Å². The number of likely N-dealkylation sites (tertiary alicyclic amines) is 1. The number of sulfone groups is 1. The molecule has 1 N–H and O–H groups in total. The van der Waals surface area contributed by atoms with Crippen molar-refractivity contribution in [1.29, 1.82) is 0 Å². The maximum atomic E-state index is 13.8. The molecule has 2 aromatic carbocycles. The number of rotatable bonds is 9. The average molecular weight is 527 g/mol. The number of hydrogen-bond acceptors (Lipinski definition) is 5. The summed E-state index contributed by atoms with van der Waals surface area (Å²) in [7, 11) is -3.75. The van der Waals surface area contributed by atoms with E-state index in [0.29, 0.717) is 55.4 Å². The van der Waals surface area contributed by atoms with E-state index >= 15 is 0 Å². The highest BCUT2D eigenvalue weighted by Crippen LogP contribution is 2.36. The first kappa shape index (κ1) is 25.0. The van der Waals surface area contributed by atoms with Gasteiger partial charge in [-0.25, -0.2) is 8.42 Å². The fraction of sp³-hybridized carbons (Fsp3) is 0.440. The molecule has 1 aliphatic heterocycles. The first-order valence-corrected chi connectivity index (χ1v) is 13.3. The summed E-state index contributed by atoms with van der Waals surface area (Å²) in [5.41, 5.74) is 3.04. The number of benzene rings is 2. The van der Waals surface area contributed by atoms with Crippen LogP contribution in [0, 0.1) is 0 Å². The molecule has 11 heteroatoms. The Balaban J connectivity index is 1.35. The number of nitrogens with one attached hydrogen (secondary N) is 1. The summed E-state index contributed by atoms with van der Waals surface area (Å²) in [6, 6.07) is 9.68. The predicted octanol–water partition coefficient (Wildman–Crippen LogP) is 4.57. The van der Waals surface area contributed by atoms with Crippen LogP contribution in [0.15, 0.2) is 47.5 Å². The molecule has 0 bridgehead atoms. The second-order valence-electron chi connectivity index (χ2n) is 9.23. The Hall–Kier alpha value is -2.63. The number of alkyl halides is 4. The van der Waals surface area contributed by atoms with Crippen molar-refractivity contribution in [3.8, 4) is 5.75 Å². The monoisotopic (exact) mass is 526 g/mol. The van der Waals surface area contributed by atoms with Crippen LogP contribution in [0.1, 0.15) is 23.1 Å². The minimum Gasteiger partial charge on any atom is -0.435 e. The predicted molar refractivity (Wildman–Crippen MR) is 125 cm³/mol. The number of fused-ring (bicyclic) bond motifs is 2. The SMILES string of the molecule is O=S(=O)(c1cccc2[nH]cc(CCN3CC[C@H](OC(F)F)C3)c12)C1Cc2ccc(OC(F)F)cc2C1. The number of hydrogen-bond donors (Lipinski definition) is 1. The highest BCUT2D eigenvalue weighted by molar-refractivity contribution is 7.92. The summed E-state index contributed by atoms with van der Waals surface area (Å²) < 4.78 is 86.8. The summed E-state index contributed by atoms with van der Waals surface area (Å²) in [5, 5.41) is -0.0803. The van der Waals surface area contributed by atoms with Crippen LogP contribution in [-0.2, 0) is 33.8 Å². The second-order valence-corrected chi connectivity index (χ2v) is 11.4. The largest absolute Gasteiger partial charge is 0.435 e. The van der Waals surface area contributed by atoms with Crippen molar-refractivity contribution in [3.63, 3.8) is 0 Å². The molecule has 0 spiro atoms. The zero-order valence-corrected chi connectivity index (χ0v) is 20.1. The molecule has 1 aromatic heterocycles. The number of aromatic amines is 1. The van der Waals surface area contributed by atoms with E-state index < -0.39 is 34.4 Å². The molecular formula is C25H26F4N2O4S. The van der Waals surface area contributed by atoms with Gasteiger partial charge in [0.2, 0.25) is 0 Å². The van der Waals surface area contributed by atoms with E-state index in [1.54, 1.807) is 24.4 Å². The first-order chi connectivity index (χ1) is 17.2.